The van der Waals surface area contributed by atoms with Gasteiger partial charge in [-0.05, 0) is 32.9 Å². The molecule has 0 aliphatic carbocycles. The summed E-state index contributed by atoms with van der Waals surface area (Å²) in [7, 11) is 0. The number of nitrogens with one attached hydrogen (secondary N) is 1. The predicted octanol–water partition coefficient (Wildman–Crippen LogP) is 1.70. The van der Waals surface area contributed by atoms with E-state index in [2.05, 4.69) is 25.3 Å². The number of ether oxygens (including phenoxy) is 1. The molecular weight excluding hydrogens is 362 g/mol. The largest absolute Gasteiger partial charge is 0.462 e. The second kappa shape index (κ2) is 8.83. The Morgan fingerprint density at radius 1 is 1.29 bits per heavy atom. The first-order chi connectivity index (χ1) is 13.5. The van der Waals surface area contributed by atoms with Crippen LogP contribution in [-0.4, -0.2) is 65.7 Å². The summed E-state index contributed by atoms with van der Waals surface area (Å²) in [6.45, 7) is 8.72. The Balaban J connectivity index is 1.52. The van der Waals surface area contributed by atoms with Gasteiger partial charge in [0, 0.05) is 38.4 Å². The third-order valence-electron chi connectivity index (χ3n) is 4.70. The minimum Gasteiger partial charge on any atom is -0.462 e. The summed E-state index contributed by atoms with van der Waals surface area (Å²) < 4.78 is 10.0. The molecule has 150 valence electrons. The molecule has 2 aromatic heterocycles. The highest BCUT2D eigenvalue weighted by molar-refractivity contribution is 5.93. The molecule has 3 heterocycles. The number of aromatic nitrogens is 2. The van der Waals surface area contributed by atoms with Crippen molar-refractivity contribution in [3.8, 4) is 0 Å². The Morgan fingerprint density at radius 2 is 2.04 bits per heavy atom. The van der Waals surface area contributed by atoms with Crippen LogP contribution in [-0.2, 0) is 9.53 Å². The van der Waals surface area contributed by atoms with Crippen molar-refractivity contribution in [1.82, 2.24) is 15.0 Å². The summed E-state index contributed by atoms with van der Waals surface area (Å²) in [6, 6.07) is 4.95. The minimum absolute atomic E-state index is 0.124. The molecule has 1 aliphatic heterocycles. The van der Waals surface area contributed by atoms with Crippen LogP contribution in [0.1, 0.15) is 29.9 Å². The molecule has 0 saturated carbocycles. The predicted molar refractivity (Wildman–Crippen MR) is 103 cm³/mol. The van der Waals surface area contributed by atoms with Crippen molar-refractivity contribution in [2.24, 2.45) is 0 Å². The van der Waals surface area contributed by atoms with Crippen LogP contribution in [0.2, 0.25) is 0 Å². The van der Waals surface area contributed by atoms with Crippen molar-refractivity contribution in [2.75, 3.05) is 43.0 Å². The van der Waals surface area contributed by atoms with Gasteiger partial charge in [0.05, 0.1) is 23.9 Å². The molecule has 9 heteroatoms. The van der Waals surface area contributed by atoms with Gasteiger partial charge in [-0.3, -0.25) is 15.0 Å². The van der Waals surface area contributed by atoms with Gasteiger partial charge < -0.3 is 14.2 Å². The Labute approximate surface area is 163 Å². The third kappa shape index (κ3) is 4.66. The normalized spacial score (nSPS) is 15.9. The highest BCUT2D eigenvalue weighted by Crippen LogP contribution is 2.17. The number of nitrogens with zero attached hydrogens (tertiary/aromatic N) is 4. The van der Waals surface area contributed by atoms with Crippen molar-refractivity contribution < 1.29 is 18.8 Å². The molecular formula is C19H25N5O4. The molecule has 9 nitrogen and oxygen atoms in total. The lowest BCUT2D eigenvalue weighted by Gasteiger charge is -2.37. The number of anilines is 2. The number of carbonyl (C=O) groups excluding carboxylic acids is 2. The Kier molecular flexibility index (Phi) is 6.25. The van der Waals surface area contributed by atoms with E-state index in [1.807, 2.05) is 13.0 Å². The first-order valence-electron chi connectivity index (χ1n) is 9.34. The van der Waals surface area contributed by atoms with Crippen LogP contribution in [0.5, 0.6) is 0 Å². The van der Waals surface area contributed by atoms with Gasteiger partial charge in [-0.25, -0.2) is 9.78 Å². The van der Waals surface area contributed by atoms with Crippen molar-refractivity contribution in [2.45, 2.75) is 26.8 Å². The van der Waals surface area contributed by atoms with E-state index in [4.69, 9.17) is 9.26 Å². The van der Waals surface area contributed by atoms with Crippen LogP contribution in [0, 0.1) is 6.92 Å². The highest BCUT2D eigenvalue weighted by Gasteiger charge is 2.26. The topological polar surface area (TPSA) is 101 Å². The van der Waals surface area contributed by atoms with Crippen LogP contribution in [0.4, 0.5) is 11.7 Å². The highest BCUT2D eigenvalue weighted by atomic mass is 16.5. The number of aryl methyl sites for hydroxylation is 1. The molecule has 3 rings (SSSR count). The first kappa shape index (κ1) is 19.8. The summed E-state index contributed by atoms with van der Waals surface area (Å²) in [5.74, 6) is 0.676. The van der Waals surface area contributed by atoms with Crippen molar-refractivity contribution in [3.05, 3.63) is 35.7 Å². The maximum absolute atomic E-state index is 12.4. The lowest BCUT2D eigenvalue weighted by Crippen LogP contribution is -2.53. The molecule has 1 atom stereocenters. The molecule has 0 radical (unpaired) electrons. The second-order valence-corrected chi connectivity index (χ2v) is 6.65. The number of rotatable bonds is 6. The number of hydrogen-bond donors (Lipinski definition) is 1. The van der Waals surface area contributed by atoms with Gasteiger partial charge in [-0.1, -0.05) is 5.16 Å². The van der Waals surface area contributed by atoms with Crippen LogP contribution in [0.15, 0.2) is 28.9 Å². The number of piperazine rings is 1. The molecule has 0 spiro atoms. The van der Waals surface area contributed by atoms with Gasteiger partial charge in [0.25, 0.3) is 0 Å². The van der Waals surface area contributed by atoms with Crippen LogP contribution < -0.4 is 10.2 Å². The van der Waals surface area contributed by atoms with E-state index in [9.17, 15) is 9.59 Å². The summed E-state index contributed by atoms with van der Waals surface area (Å²) in [5, 5.41) is 6.52. The van der Waals surface area contributed by atoms with Gasteiger partial charge in [-0.15, -0.1) is 0 Å². The number of hydrogen-bond acceptors (Lipinski definition) is 8. The van der Waals surface area contributed by atoms with Crippen LogP contribution >= 0.6 is 0 Å². The number of carbonyl (C=O) groups is 2. The van der Waals surface area contributed by atoms with E-state index >= 15 is 0 Å². The SMILES string of the molecule is CCOC(=O)c1ccc(N2CCN([C@@H](C)C(=O)Nc3cc(C)no3)CC2)nc1. The fourth-order valence-electron chi connectivity index (χ4n) is 3.06. The van der Waals surface area contributed by atoms with E-state index in [1.54, 1.807) is 26.0 Å². The Morgan fingerprint density at radius 3 is 2.61 bits per heavy atom. The lowest BCUT2D eigenvalue weighted by molar-refractivity contribution is -0.121. The first-order valence-corrected chi connectivity index (χ1v) is 9.34. The molecule has 0 aromatic carbocycles. The zero-order valence-corrected chi connectivity index (χ0v) is 16.3. The van der Waals surface area contributed by atoms with Crippen LogP contribution in [0.25, 0.3) is 0 Å². The second-order valence-electron chi connectivity index (χ2n) is 6.65. The summed E-state index contributed by atoms with van der Waals surface area (Å²) >= 11 is 0. The Bertz CT molecular complexity index is 812. The third-order valence-corrected chi connectivity index (χ3v) is 4.70. The summed E-state index contributed by atoms with van der Waals surface area (Å²) in [4.78, 5) is 32.8. The lowest BCUT2D eigenvalue weighted by atomic mass is 10.2. The average molecular weight is 387 g/mol. The smallest absolute Gasteiger partial charge is 0.339 e. The molecule has 0 unspecified atom stereocenters. The van der Waals surface area contributed by atoms with Gasteiger partial charge in [0.15, 0.2) is 0 Å². The van der Waals surface area contributed by atoms with Crippen molar-refractivity contribution in [3.63, 3.8) is 0 Å². The zero-order valence-electron chi connectivity index (χ0n) is 16.3. The van der Waals surface area contributed by atoms with Gasteiger partial charge in [0.2, 0.25) is 11.8 Å². The van der Waals surface area contributed by atoms with Crippen molar-refractivity contribution >= 4 is 23.6 Å². The maximum Gasteiger partial charge on any atom is 0.339 e. The molecule has 0 bridgehead atoms. The Hall–Kier alpha value is -2.94. The maximum atomic E-state index is 12.4. The summed E-state index contributed by atoms with van der Waals surface area (Å²) in [6.07, 6.45) is 1.54. The van der Waals surface area contributed by atoms with E-state index in [-0.39, 0.29) is 17.9 Å². The fourth-order valence-corrected chi connectivity index (χ4v) is 3.06. The molecule has 2 aromatic rings. The van der Waals surface area contributed by atoms with E-state index in [1.165, 1.54) is 6.20 Å². The molecule has 1 fully saturated rings. The van der Waals surface area contributed by atoms with E-state index in [0.29, 0.717) is 18.1 Å². The van der Waals surface area contributed by atoms with E-state index < -0.39 is 0 Å². The van der Waals surface area contributed by atoms with Gasteiger partial charge in [0.1, 0.15) is 5.82 Å². The van der Waals surface area contributed by atoms with E-state index in [0.717, 1.165) is 37.7 Å². The van der Waals surface area contributed by atoms with Gasteiger partial charge >= 0.3 is 5.97 Å². The summed E-state index contributed by atoms with van der Waals surface area (Å²) in [5.41, 5.74) is 1.16. The molecule has 1 N–H and O–H groups in total. The number of esters is 1. The quantitative estimate of drug-likeness (QED) is 0.748. The molecule has 1 saturated heterocycles. The number of amides is 1. The minimum atomic E-state index is -0.367. The number of pyridine rings is 1. The van der Waals surface area contributed by atoms with Crippen molar-refractivity contribution in [1.29, 1.82) is 0 Å². The molecule has 1 aliphatic rings. The standard InChI is InChI=1S/C19H25N5O4/c1-4-27-19(26)15-5-6-16(20-12-15)24-9-7-23(8-10-24)14(3)18(25)21-17-11-13(2)22-28-17/h5-6,11-12,14H,4,7-10H2,1-3H3,(H,21,25)/t14-/m0/s1. The van der Waals surface area contributed by atoms with Gasteiger partial charge in [-0.2, -0.15) is 0 Å². The zero-order chi connectivity index (χ0) is 20.1. The molecule has 1 amide bonds. The van der Waals surface area contributed by atoms with Crippen LogP contribution in [0.3, 0.4) is 0 Å². The average Bonchev–Trinajstić information content (AvgIpc) is 3.12. The molecule has 28 heavy (non-hydrogen) atoms. The monoisotopic (exact) mass is 387 g/mol. The fraction of sp³-hybridized carbons (Fsp3) is 0.474.